The van der Waals surface area contributed by atoms with Gasteiger partial charge in [0.25, 0.3) is 0 Å². The van der Waals surface area contributed by atoms with E-state index >= 15 is 0 Å². The Bertz CT molecular complexity index is 553. The van der Waals surface area contributed by atoms with Crippen LogP contribution in [0.25, 0.3) is 0 Å². The van der Waals surface area contributed by atoms with Gasteiger partial charge in [-0.1, -0.05) is 12.1 Å². The van der Waals surface area contributed by atoms with Crippen LogP contribution in [0.4, 0.5) is 5.69 Å². The smallest absolute Gasteiger partial charge is 0.236 e. The number of carbonyl (C=O) groups is 1. The minimum absolute atomic E-state index is 0.0329. The summed E-state index contributed by atoms with van der Waals surface area (Å²) < 4.78 is 22.1. The highest BCUT2D eigenvalue weighted by atomic mass is 35.7. The number of rotatable bonds is 2. The summed E-state index contributed by atoms with van der Waals surface area (Å²) in [4.78, 5) is 13.0. The number of benzene rings is 1. The van der Waals surface area contributed by atoms with Crippen molar-refractivity contribution in [1.29, 1.82) is 0 Å². The quantitative estimate of drug-likeness (QED) is 0.752. The zero-order valence-electron chi connectivity index (χ0n) is 8.60. The van der Waals surface area contributed by atoms with Crippen LogP contribution in [0.1, 0.15) is 11.1 Å². The van der Waals surface area contributed by atoms with Gasteiger partial charge in [0.2, 0.25) is 15.0 Å². The SMILES string of the molecule is CN1C(=O)Cc2c(CS(=O)(=O)Cl)cccc21. The normalized spacial score (nSPS) is 15.4. The molecule has 1 amide bonds. The van der Waals surface area contributed by atoms with E-state index < -0.39 is 9.05 Å². The molecule has 86 valence electrons. The first-order valence-electron chi connectivity index (χ1n) is 4.68. The summed E-state index contributed by atoms with van der Waals surface area (Å²) in [5.41, 5.74) is 2.13. The molecule has 0 radical (unpaired) electrons. The van der Waals surface area contributed by atoms with Crippen molar-refractivity contribution < 1.29 is 13.2 Å². The predicted octanol–water partition coefficient (Wildman–Crippen LogP) is 1.27. The van der Waals surface area contributed by atoms with E-state index in [-0.39, 0.29) is 18.1 Å². The van der Waals surface area contributed by atoms with E-state index in [4.69, 9.17) is 10.7 Å². The van der Waals surface area contributed by atoms with Crippen LogP contribution in [0.2, 0.25) is 0 Å². The van der Waals surface area contributed by atoms with Crippen LogP contribution in [-0.4, -0.2) is 21.4 Å². The molecule has 0 aromatic heterocycles. The number of likely N-dealkylation sites (N-methyl/N-ethyl adjacent to an activating group) is 1. The summed E-state index contributed by atoms with van der Waals surface area (Å²) in [5.74, 6) is -0.270. The Morgan fingerprint density at radius 2 is 2.12 bits per heavy atom. The fourth-order valence-corrected chi connectivity index (χ4v) is 2.86. The zero-order chi connectivity index (χ0) is 11.9. The summed E-state index contributed by atoms with van der Waals surface area (Å²) in [6.45, 7) is 0. The molecule has 0 unspecified atom stereocenters. The molecule has 2 rings (SSSR count). The lowest BCUT2D eigenvalue weighted by Gasteiger charge is -2.10. The highest BCUT2D eigenvalue weighted by Gasteiger charge is 2.27. The van der Waals surface area contributed by atoms with Crippen LogP contribution in [0.15, 0.2) is 18.2 Å². The van der Waals surface area contributed by atoms with Gasteiger partial charge in [0.15, 0.2) is 0 Å². The second kappa shape index (κ2) is 3.75. The molecule has 0 spiro atoms. The highest BCUT2D eigenvalue weighted by Crippen LogP contribution is 2.31. The minimum atomic E-state index is -3.59. The number of carbonyl (C=O) groups excluding carboxylic acids is 1. The van der Waals surface area contributed by atoms with Crippen LogP contribution in [0, 0.1) is 0 Å². The van der Waals surface area contributed by atoms with E-state index in [1.807, 2.05) is 0 Å². The Morgan fingerprint density at radius 1 is 1.44 bits per heavy atom. The maximum absolute atomic E-state index is 11.5. The molecule has 1 aromatic carbocycles. The maximum Gasteiger partial charge on any atom is 0.236 e. The molecule has 1 aliphatic rings. The number of amides is 1. The number of hydrogen-bond donors (Lipinski definition) is 0. The predicted molar refractivity (Wildman–Crippen MR) is 62.0 cm³/mol. The average molecular weight is 260 g/mol. The van der Waals surface area contributed by atoms with Crippen LogP contribution < -0.4 is 4.90 Å². The van der Waals surface area contributed by atoms with E-state index in [9.17, 15) is 13.2 Å². The van der Waals surface area contributed by atoms with Gasteiger partial charge in [-0.2, -0.15) is 0 Å². The molecule has 4 nitrogen and oxygen atoms in total. The number of hydrogen-bond acceptors (Lipinski definition) is 3. The maximum atomic E-state index is 11.5. The van der Waals surface area contributed by atoms with Gasteiger partial charge in [-0.25, -0.2) is 8.42 Å². The molecule has 1 aliphatic heterocycles. The molecule has 0 fully saturated rings. The largest absolute Gasteiger partial charge is 0.315 e. The molecular weight excluding hydrogens is 250 g/mol. The van der Waals surface area contributed by atoms with Crippen molar-refractivity contribution in [3.05, 3.63) is 29.3 Å². The van der Waals surface area contributed by atoms with Gasteiger partial charge in [0, 0.05) is 23.4 Å². The Kier molecular flexibility index (Phi) is 2.67. The first kappa shape index (κ1) is 11.4. The number of anilines is 1. The number of fused-ring (bicyclic) bond motifs is 1. The van der Waals surface area contributed by atoms with Crippen molar-refractivity contribution in [2.24, 2.45) is 0 Å². The summed E-state index contributed by atoms with van der Waals surface area (Å²) >= 11 is 0. The van der Waals surface area contributed by atoms with Gasteiger partial charge >= 0.3 is 0 Å². The topological polar surface area (TPSA) is 54.5 Å². The third-order valence-electron chi connectivity index (χ3n) is 2.64. The number of halogens is 1. The Hall–Kier alpha value is -1.07. The van der Waals surface area contributed by atoms with Gasteiger partial charge in [-0.3, -0.25) is 4.79 Å². The zero-order valence-corrected chi connectivity index (χ0v) is 10.2. The summed E-state index contributed by atoms with van der Waals surface area (Å²) in [7, 11) is 3.30. The molecule has 6 heteroatoms. The van der Waals surface area contributed by atoms with Crippen molar-refractivity contribution in [3.8, 4) is 0 Å². The van der Waals surface area contributed by atoms with E-state index in [1.165, 1.54) is 4.90 Å². The Labute approximate surface area is 98.2 Å². The fourth-order valence-electron chi connectivity index (χ4n) is 1.86. The van der Waals surface area contributed by atoms with Crippen LogP contribution in [0.5, 0.6) is 0 Å². The molecule has 0 N–H and O–H groups in total. The average Bonchev–Trinajstić information content (AvgIpc) is 2.43. The highest BCUT2D eigenvalue weighted by molar-refractivity contribution is 8.13. The summed E-state index contributed by atoms with van der Waals surface area (Å²) in [5, 5.41) is 0. The number of nitrogens with zero attached hydrogens (tertiary/aromatic N) is 1. The first-order valence-corrected chi connectivity index (χ1v) is 7.16. The molecule has 0 saturated carbocycles. The molecule has 0 saturated heterocycles. The Morgan fingerprint density at radius 3 is 2.75 bits per heavy atom. The van der Waals surface area contributed by atoms with Crippen LogP contribution in [0.3, 0.4) is 0 Å². The third-order valence-corrected chi connectivity index (χ3v) is 3.62. The first-order chi connectivity index (χ1) is 7.38. The second-order valence-electron chi connectivity index (χ2n) is 3.73. The standard InChI is InChI=1S/C10H10ClNO3S/c1-12-9-4-2-3-7(6-16(11,14)15)8(9)5-10(12)13/h2-4H,5-6H2,1H3. The molecule has 0 atom stereocenters. The van der Waals surface area contributed by atoms with Gasteiger partial charge in [0.05, 0.1) is 12.2 Å². The van der Waals surface area contributed by atoms with E-state index in [0.717, 1.165) is 11.3 Å². The van der Waals surface area contributed by atoms with Crippen molar-refractivity contribution in [2.75, 3.05) is 11.9 Å². The van der Waals surface area contributed by atoms with E-state index in [0.29, 0.717) is 5.56 Å². The third kappa shape index (κ3) is 2.05. The molecule has 0 bridgehead atoms. The molecule has 1 heterocycles. The molecule has 0 aliphatic carbocycles. The van der Waals surface area contributed by atoms with Crippen molar-refractivity contribution in [1.82, 2.24) is 0 Å². The monoisotopic (exact) mass is 259 g/mol. The minimum Gasteiger partial charge on any atom is -0.315 e. The van der Waals surface area contributed by atoms with Crippen LogP contribution in [-0.2, 0) is 26.0 Å². The lowest BCUT2D eigenvalue weighted by atomic mass is 10.1. The molecule has 16 heavy (non-hydrogen) atoms. The second-order valence-corrected chi connectivity index (χ2v) is 6.50. The fraction of sp³-hybridized carbons (Fsp3) is 0.300. The molecular formula is C10H10ClNO3S. The lowest BCUT2D eigenvalue weighted by Crippen LogP contribution is -2.20. The van der Waals surface area contributed by atoms with Crippen molar-refractivity contribution >= 4 is 31.3 Å². The van der Waals surface area contributed by atoms with Crippen LogP contribution >= 0.6 is 10.7 Å². The van der Waals surface area contributed by atoms with Gasteiger partial charge < -0.3 is 4.90 Å². The summed E-state index contributed by atoms with van der Waals surface area (Å²) in [6, 6.07) is 5.21. The molecule has 1 aromatic rings. The van der Waals surface area contributed by atoms with E-state index in [1.54, 1.807) is 25.2 Å². The van der Waals surface area contributed by atoms with Gasteiger partial charge in [-0.05, 0) is 17.2 Å². The Balaban J connectivity index is 2.48. The van der Waals surface area contributed by atoms with Gasteiger partial charge in [0.1, 0.15) is 0 Å². The van der Waals surface area contributed by atoms with Crippen molar-refractivity contribution in [3.63, 3.8) is 0 Å². The van der Waals surface area contributed by atoms with Gasteiger partial charge in [-0.15, -0.1) is 0 Å². The lowest BCUT2D eigenvalue weighted by molar-refractivity contribution is -0.117. The van der Waals surface area contributed by atoms with Crippen molar-refractivity contribution in [2.45, 2.75) is 12.2 Å². The van der Waals surface area contributed by atoms with E-state index in [2.05, 4.69) is 0 Å². The summed E-state index contributed by atoms with van der Waals surface area (Å²) in [6.07, 6.45) is 0.244.